The number of rotatable bonds is 17. The Morgan fingerprint density at radius 3 is 2.34 bits per heavy atom. The Labute approximate surface area is 493 Å². The molecule has 6 heterocycles. The first kappa shape index (κ1) is 60.0. The van der Waals surface area contributed by atoms with Crippen molar-refractivity contribution < 1.29 is 71.0 Å². The van der Waals surface area contributed by atoms with Crippen molar-refractivity contribution in [2.24, 2.45) is 5.73 Å². The van der Waals surface area contributed by atoms with Crippen LogP contribution in [0.15, 0.2) is 116 Å². The number of primary amides is 1. The second-order valence-electron chi connectivity index (χ2n) is 21.1. The predicted octanol–water partition coefficient (Wildman–Crippen LogP) is 4.41. The van der Waals surface area contributed by atoms with Crippen LogP contribution in [0.1, 0.15) is 109 Å². The van der Waals surface area contributed by atoms with Crippen LogP contribution in [0.4, 0.5) is 13.6 Å². The highest BCUT2D eigenvalue weighted by Gasteiger charge is 2.51. The number of amides is 9. The zero-order chi connectivity index (χ0) is 61.0. The second-order valence-corrected chi connectivity index (χ2v) is 23.8. The number of carbonyl (C=O) groups excluding carboxylic acids is 9. The Kier molecular flexibility index (Phi) is 17.6. The predicted molar refractivity (Wildman–Crippen MR) is 304 cm³/mol. The van der Waals surface area contributed by atoms with Gasteiger partial charge in [-0.15, -0.1) is 11.3 Å². The molecular weight excluding hydrogens is 1160 g/mol. The maximum absolute atomic E-state index is 15.1. The number of nitrogens with two attached hydrogens (primary N) is 1. The van der Waals surface area contributed by atoms with Gasteiger partial charge in [0.2, 0.25) is 29.5 Å². The van der Waals surface area contributed by atoms with Crippen LogP contribution in [0.3, 0.4) is 0 Å². The average molecular weight is 1220 g/mol. The molecule has 86 heavy (non-hydrogen) atoms. The number of halogens is 2. The maximum atomic E-state index is 15.1. The van der Waals surface area contributed by atoms with Crippen molar-refractivity contribution in [3.63, 3.8) is 0 Å². The lowest BCUT2D eigenvalue weighted by Gasteiger charge is -2.38. The number of nitrogens with zero attached hydrogens (tertiary/aromatic N) is 5. The summed E-state index contributed by atoms with van der Waals surface area (Å²) in [5, 5.41) is 15.0. The number of thiophene rings is 1. The smallest absolute Gasteiger partial charge is 0.404 e. The van der Waals surface area contributed by atoms with Crippen molar-refractivity contribution >= 4 is 82.4 Å². The lowest BCUT2D eigenvalue weighted by Crippen LogP contribution is -2.62. The highest BCUT2D eigenvalue weighted by atomic mass is 32.1. The van der Waals surface area contributed by atoms with Crippen molar-refractivity contribution in [2.75, 3.05) is 19.7 Å². The lowest BCUT2D eigenvalue weighted by atomic mass is 9.98. The van der Waals surface area contributed by atoms with Crippen molar-refractivity contribution in [3.05, 3.63) is 159 Å². The molecule has 6 aromatic rings. The van der Waals surface area contributed by atoms with E-state index >= 15 is 4.79 Å². The Bertz CT molecular complexity index is 3750. The third-order valence-corrected chi connectivity index (χ3v) is 17.6. The molecule has 0 aliphatic carbocycles. The first-order valence-corrected chi connectivity index (χ1v) is 29.9. The molecule has 3 saturated heterocycles. The molecule has 446 valence electrons. The summed E-state index contributed by atoms with van der Waals surface area (Å²) in [6.07, 6.45) is 3.40. The number of nitrogens with one attached hydrogen (secondary N) is 4. The van der Waals surface area contributed by atoms with Crippen molar-refractivity contribution in [3.8, 4) is 11.8 Å². The summed E-state index contributed by atoms with van der Waals surface area (Å²) in [6, 6.07) is 20.7. The van der Waals surface area contributed by atoms with Gasteiger partial charge >= 0.3 is 19.4 Å². The van der Waals surface area contributed by atoms with Crippen LogP contribution in [0, 0.1) is 11.8 Å². The van der Waals surface area contributed by atoms with Crippen LogP contribution in [-0.2, 0) is 52.0 Å². The van der Waals surface area contributed by atoms with E-state index in [1.807, 2.05) is 0 Å². The van der Waals surface area contributed by atoms with Crippen molar-refractivity contribution in [1.29, 1.82) is 0 Å². The van der Waals surface area contributed by atoms with E-state index in [-0.39, 0.29) is 77.5 Å². The summed E-state index contributed by atoms with van der Waals surface area (Å²) in [4.78, 5) is 145. The van der Waals surface area contributed by atoms with E-state index in [9.17, 15) is 61.5 Å². The molecule has 0 saturated carbocycles. The molecule has 4 aliphatic heterocycles. The highest BCUT2D eigenvalue weighted by Crippen LogP contribution is 2.59. The van der Waals surface area contributed by atoms with Crippen LogP contribution >= 0.6 is 18.9 Å². The summed E-state index contributed by atoms with van der Waals surface area (Å²) in [6.45, 7) is -0.591. The number of benzene rings is 4. The first-order valence-electron chi connectivity index (χ1n) is 27.5. The van der Waals surface area contributed by atoms with E-state index < -0.39 is 110 Å². The lowest BCUT2D eigenvalue weighted by molar-refractivity contribution is -0.144. The summed E-state index contributed by atoms with van der Waals surface area (Å²) in [5.74, 6) is 1.31. The van der Waals surface area contributed by atoms with Crippen LogP contribution in [0.2, 0.25) is 0 Å². The largest absolute Gasteiger partial charge is 0.447 e. The first-order chi connectivity index (χ1) is 41.1. The number of imide groups is 1. The second kappa shape index (κ2) is 25.2. The molecule has 9 amide bonds. The topological polar surface area (TPSA) is 322 Å². The number of piperidine rings is 1. The fourth-order valence-corrected chi connectivity index (χ4v) is 12.6. The van der Waals surface area contributed by atoms with Gasteiger partial charge in [-0.25, -0.2) is 4.79 Å². The van der Waals surface area contributed by atoms with E-state index in [1.54, 1.807) is 83.5 Å². The van der Waals surface area contributed by atoms with Gasteiger partial charge in [0.15, 0.2) is 0 Å². The molecule has 8 N–H and O–H groups in total. The highest BCUT2D eigenvalue weighted by molar-refractivity contribution is 7.52. The van der Waals surface area contributed by atoms with E-state index in [1.165, 1.54) is 39.2 Å². The fourth-order valence-electron chi connectivity index (χ4n) is 11.1. The molecule has 2 aromatic heterocycles. The van der Waals surface area contributed by atoms with E-state index in [2.05, 4.69) is 38.2 Å². The van der Waals surface area contributed by atoms with Crippen LogP contribution in [0.25, 0.3) is 10.1 Å². The van der Waals surface area contributed by atoms with Gasteiger partial charge in [-0.3, -0.25) is 52.9 Å². The van der Waals surface area contributed by atoms with Gasteiger partial charge in [0.25, 0.3) is 17.7 Å². The molecular formula is C59H57F2N10O13PS. The minimum atomic E-state index is -5.95. The molecule has 3 fully saturated rings. The summed E-state index contributed by atoms with van der Waals surface area (Å²) in [7, 11) is -5.95. The minimum Gasteiger partial charge on any atom is -0.447 e. The molecule has 0 radical (unpaired) electrons. The third-order valence-electron chi connectivity index (χ3n) is 15.5. The fraction of sp³-hybridized carbons (Fsp3) is 0.322. The van der Waals surface area contributed by atoms with Gasteiger partial charge in [-0.05, 0) is 84.5 Å². The maximum Gasteiger partial charge on any atom is 0.404 e. The standard InChI is InChI=1S/C59H57F2N10O13PS/c60-59(61,85(81,82)83)39-18-22-47-37(27-39)28-48(86-47)54(76)64-43-32-68(55(77)38-29-63-69(30-38)25-9-3-8-11-34-16-10-17-41-42(34)31-70(56(41)78)45-21-23-49(72)66-52(45)74)26-24-40-19-20-46(71(40)57(43)79)53(75)65-44(33-84-58(62)80)51(73)67-50(35-12-4-1-5-13-35)36-14-6-2-7-15-36/h1-2,4-7,10,12-18,22,27-30,40,43-46,50H,3,9,19-21,23-26,31-33H2,(H2,62,80)(H,64,76)(H,65,75)(H,67,73)(H,66,72,74)(H2,81,82,83)/t40-,43+,44+,45?,46+/m1/s1. The van der Waals surface area contributed by atoms with Gasteiger partial charge in [0.05, 0.1) is 29.2 Å². The number of alkyl halides is 2. The molecule has 5 atom stereocenters. The normalized spacial score (nSPS) is 19.2. The third kappa shape index (κ3) is 12.9. The van der Waals surface area contributed by atoms with Gasteiger partial charge in [-0.1, -0.05) is 84.6 Å². The van der Waals surface area contributed by atoms with Crippen LogP contribution < -0.4 is 27.0 Å². The van der Waals surface area contributed by atoms with Gasteiger partial charge in [-0.2, -0.15) is 13.9 Å². The molecule has 23 nitrogen and oxygen atoms in total. The Hall–Kier alpha value is -9.15. The molecule has 0 spiro atoms. The summed E-state index contributed by atoms with van der Waals surface area (Å²) >= 11 is 0.841. The Morgan fingerprint density at radius 2 is 1.64 bits per heavy atom. The monoisotopic (exact) mass is 1210 g/mol. The van der Waals surface area contributed by atoms with Crippen molar-refractivity contribution in [1.82, 2.24) is 45.7 Å². The quantitative estimate of drug-likeness (QED) is 0.0288. The summed E-state index contributed by atoms with van der Waals surface area (Å²) < 4.78 is 48.2. The molecule has 0 bridgehead atoms. The van der Waals surface area contributed by atoms with E-state index in [0.717, 1.165) is 23.5 Å². The number of aromatic nitrogens is 2. The minimum absolute atomic E-state index is 0.0200. The number of hydrogen-bond donors (Lipinski definition) is 7. The Morgan fingerprint density at radius 1 is 0.907 bits per heavy atom. The van der Waals surface area contributed by atoms with Gasteiger partial charge < -0.3 is 50.9 Å². The van der Waals surface area contributed by atoms with Gasteiger partial charge in [0.1, 0.15) is 30.8 Å². The number of ether oxygens (including phenoxy) is 1. The SMILES string of the molecule is NC(=O)OC[C@H](NC(=O)[C@@H]1CC[C@@H]2CCN(C(=O)c3cnn(CCCC#Cc4cccc5c4CN(C4CCC(=O)NC4=O)C5=O)c3)C[C@H](NC(=O)c3cc4cc(C(F)(F)P(=O)(O)O)ccc4s3)C(=O)N21)C(=O)NC(c1ccccc1)c1ccccc1. The van der Waals surface area contributed by atoms with E-state index in [4.69, 9.17) is 10.5 Å². The number of aryl methyl sites for hydroxylation is 1. The van der Waals surface area contributed by atoms with Crippen LogP contribution in [0.5, 0.6) is 0 Å². The molecule has 27 heteroatoms. The number of unbranched alkanes of at least 4 members (excludes halogenated alkanes) is 1. The van der Waals surface area contributed by atoms with E-state index in [0.29, 0.717) is 47.2 Å². The molecule has 10 rings (SSSR count). The van der Waals surface area contributed by atoms with Crippen molar-refractivity contribution in [2.45, 2.75) is 99.9 Å². The number of fused-ring (bicyclic) bond motifs is 3. The Balaban J connectivity index is 0.853. The molecule has 4 aromatic carbocycles. The number of hydrogen-bond acceptors (Lipinski definition) is 13. The van der Waals surface area contributed by atoms with Crippen LogP contribution in [-0.4, -0.2) is 138 Å². The summed E-state index contributed by atoms with van der Waals surface area (Å²) in [5.41, 5.74) is 3.08. The average Bonchev–Trinajstić information content (AvgIpc) is 1.71. The molecule has 4 aliphatic rings. The number of carbonyl (C=O) groups is 9. The zero-order valence-corrected chi connectivity index (χ0v) is 47.4. The molecule has 1 unspecified atom stereocenters. The zero-order valence-electron chi connectivity index (χ0n) is 45.7. The van der Waals surface area contributed by atoms with Gasteiger partial charge in [0, 0.05) is 66.1 Å².